The molecule has 0 aromatic carbocycles. The summed E-state index contributed by atoms with van der Waals surface area (Å²) >= 11 is 0. The summed E-state index contributed by atoms with van der Waals surface area (Å²) in [5.74, 6) is -0.228. The highest BCUT2D eigenvalue weighted by atomic mass is 16.5. The fourth-order valence-corrected chi connectivity index (χ4v) is 0.816. The van der Waals surface area contributed by atoms with Crippen LogP contribution in [0, 0.1) is 0 Å². The molecule has 0 radical (unpaired) electrons. The van der Waals surface area contributed by atoms with Gasteiger partial charge in [0, 0.05) is 13.3 Å². The molecule has 0 N–H and O–H groups in total. The summed E-state index contributed by atoms with van der Waals surface area (Å²) in [6.45, 7) is 8.90. The minimum Gasteiger partial charge on any atom is -0.463 e. The molecule has 2 nitrogen and oxygen atoms in total. The Morgan fingerprint density at radius 3 is 2.40 bits per heavy atom. The highest BCUT2D eigenvalue weighted by Gasteiger charge is 2.03. The smallest absolute Gasteiger partial charge is 0.302 e. The molecule has 0 aromatic heterocycles. The molecule has 1 atom stereocenters. The molecule has 0 bridgehead atoms. The van der Waals surface area contributed by atoms with E-state index in [2.05, 4.69) is 6.58 Å². The predicted molar refractivity (Wildman–Crippen MR) is 40.7 cm³/mol. The van der Waals surface area contributed by atoms with Gasteiger partial charge in [0.2, 0.25) is 0 Å². The van der Waals surface area contributed by atoms with Gasteiger partial charge in [-0.25, -0.2) is 0 Å². The van der Waals surface area contributed by atoms with Gasteiger partial charge in [-0.05, 0) is 13.8 Å². The summed E-state index contributed by atoms with van der Waals surface area (Å²) in [7, 11) is 0. The van der Waals surface area contributed by atoms with E-state index in [1.54, 1.807) is 0 Å². The molecule has 0 aliphatic carbocycles. The first-order chi connectivity index (χ1) is 4.52. The summed E-state index contributed by atoms with van der Waals surface area (Å²) < 4.78 is 4.86. The molecule has 0 rings (SSSR count). The lowest BCUT2D eigenvalue weighted by atomic mass is 10.2. The highest BCUT2D eigenvalue weighted by molar-refractivity contribution is 5.66. The number of rotatable bonds is 3. The average Bonchev–Trinajstić information content (AvgIpc) is 1.58. The molecule has 0 saturated heterocycles. The van der Waals surface area contributed by atoms with Gasteiger partial charge in [0.05, 0.1) is 0 Å². The molecule has 58 valence electrons. The lowest BCUT2D eigenvalue weighted by Crippen LogP contribution is -2.11. The van der Waals surface area contributed by atoms with Gasteiger partial charge in [0.15, 0.2) is 0 Å². The third-order valence-corrected chi connectivity index (χ3v) is 1.00. The highest BCUT2D eigenvalue weighted by Crippen LogP contribution is 2.04. The fourth-order valence-electron chi connectivity index (χ4n) is 0.816. The second kappa shape index (κ2) is 4.09. The van der Waals surface area contributed by atoms with Gasteiger partial charge in [0.25, 0.3) is 0 Å². The maximum absolute atomic E-state index is 10.4. The van der Waals surface area contributed by atoms with Gasteiger partial charge in [-0.15, -0.1) is 6.58 Å². The van der Waals surface area contributed by atoms with Crippen LogP contribution in [-0.4, -0.2) is 12.1 Å². The van der Waals surface area contributed by atoms with E-state index in [9.17, 15) is 4.79 Å². The quantitative estimate of drug-likeness (QED) is 0.444. The van der Waals surface area contributed by atoms with E-state index < -0.39 is 0 Å². The molecular formula is C8H14O2. The van der Waals surface area contributed by atoms with Crippen LogP contribution in [0.25, 0.3) is 0 Å². The molecule has 0 fully saturated rings. The lowest BCUT2D eigenvalue weighted by Gasteiger charge is -2.10. The van der Waals surface area contributed by atoms with Gasteiger partial charge >= 0.3 is 5.97 Å². The number of hydrogen-bond acceptors (Lipinski definition) is 2. The topological polar surface area (TPSA) is 26.3 Å². The molecule has 0 heterocycles. The van der Waals surface area contributed by atoms with Crippen molar-refractivity contribution in [3.05, 3.63) is 12.2 Å². The molecular weight excluding hydrogens is 128 g/mol. The van der Waals surface area contributed by atoms with E-state index in [1.165, 1.54) is 6.92 Å². The van der Waals surface area contributed by atoms with Crippen LogP contribution in [-0.2, 0) is 9.53 Å². The van der Waals surface area contributed by atoms with Crippen LogP contribution in [0.4, 0.5) is 0 Å². The van der Waals surface area contributed by atoms with Crippen molar-refractivity contribution in [1.82, 2.24) is 0 Å². The maximum atomic E-state index is 10.4. The van der Waals surface area contributed by atoms with Crippen LogP contribution in [0.1, 0.15) is 27.2 Å². The first-order valence-electron chi connectivity index (χ1n) is 3.34. The predicted octanol–water partition coefficient (Wildman–Crippen LogP) is 1.90. The molecule has 2 heteroatoms. The number of esters is 1. The molecule has 0 spiro atoms. The van der Waals surface area contributed by atoms with E-state index in [-0.39, 0.29) is 12.1 Å². The zero-order valence-corrected chi connectivity index (χ0v) is 6.81. The van der Waals surface area contributed by atoms with Crippen LogP contribution in [0.5, 0.6) is 0 Å². The van der Waals surface area contributed by atoms with Crippen molar-refractivity contribution in [3.63, 3.8) is 0 Å². The summed E-state index contributed by atoms with van der Waals surface area (Å²) in [5, 5.41) is 0. The van der Waals surface area contributed by atoms with Gasteiger partial charge in [0.1, 0.15) is 6.10 Å². The largest absolute Gasteiger partial charge is 0.463 e. The van der Waals surface area contributed by atoms with Crippen molar-refractivity contribution in [2.45, 2.75) is 33.3 Å². The van der Waals surface area contributed by atoms with Crippen molar-refractivity contribution in [3.8, 4) is 0 Å². The van der Waals surface area contributed by atoms with Crippen LogP contribution in [0.3, 0.4) is 0 Å². The normalized spacial score (nSPS) is 12.3. The summed E-state index contributed by atoms with van der Waals surface area (Å²) in [5.41, 5.74) is 1.04. The number of hydrogen-bond donors (Lipinski definition) is 0. The Kier molecular flexibility index (Phi) is 3.77. The van der Waals surface area contributed by atoms with Crippen molar-refractivity contribution in [2.75, 3.05) is 0 Å². The molecule has 0 aromatic rings. The van der Waals surface area contributed by atoms with Crippen molar-refractivity contribution in [1.29, 1.82) is 0 Å². The fraction of sp³-hybridized carbons (Fsp3) is 0.625. The number of carbonyl (C=O) groups is 1. The Morgan fingerprint density at radius 1 is 1.60 bits per heavy atom. The SMILES string of the molecule is C=C(C)C[C@H](C)OC(C)=O. The summed E-state index contributed by atoms with van der Waals surface area (Å²) in [4.78, 5) is 10.4. The third-order valence-electron chi connectivity index (χ3n) is 1.00. The zero-order chi connectivity index (χ0) is 8.15. The standard InChI is InChI=1S/C8H14O2/c1-6(2)5-7(3)10-8(4)9/h7H,1,5H2,2-4H3/t7-/m0/s1. The molecule has 0 aliphatic heterocycles. The van der Waals surface area contributed by atoms with Crippen LogP contribution in [0.15, 0.2) is 12.2 Å². The minimum atomic E-state index is -0.228. The first-order valence-corrected chi connectivity index (χ1v) is 3.34. The van der Waals surface area contributed by atoms with E-state index in [4.69, 9.17) is 4.74 Å². The van der Waals surface area contributed by atoms with Crippen LogP contribution in [0.2, 0.25) is 0 Å². The number of ether oxygens (including phenoxy) is 1. The number of carbonyl (C=O) groups excluding carboxylic acids is 1. The first kappa shape index (κ1) is 9.21. The minimum absolute atomic E-state index is 0.0324. The maximum Gasteiger partial charge on any atom is 0.302 e. The van der Waals surface area contributed by atoms with Crippen LogP contribution >= 0.6 is 0 Å². The molecule has 10 heavy (non-hydrogen) atoms. The van der Waals surface area contributed by atoms with E-state index in [0.29, 0.717) is 0 Å². The van der Waals surface area contributed by atoms with Crippen LogP contribution < -0.4 is 0 Å². The van der Waals surface area contributed by atoms with Gasteiger partial charge in [-0.3, -0.25) is 4.79 Å². The lowest BCUT2D eigenvalue weighted by molar-refractivity contribution is -0.145. The van der Waals surface area contributed by atoms with Crippen molar-refractivity contribution in [2.24, 2.45) is 0 Å². The van der Waals surface area contributed by atoms with Gasteiger partial charge in [-0.2, -0.15) is 0 Å². The van der Waals surface area contributed by atoms with Crippen molar-refractivity contribution < 1.29 is 9.53 Å². The monoisotopic (exact) mass is 142 g/mol. The molecule has 0 saturated carbocycles. The zero-order valence-electron chi connectivity index (χ0n) is 6.81. The van der Waals surface area contributed by atoms with Crippen molar-refractivity contribution >= 4 is 5.97 Å². The second-order valence-corrected chi connectivity index (χ2v) is 2.58. The molecule has 0 amide bonds. The second-order valence-electron chi connectivity index (χ2n) is 2.58. The van der Waals surface area contributed by atoms with Gasteiger partial charge in [-0.1, -0.05) is 5.57 Å². The summed E-state index contributed by atoms with van der Waals surface area (Å²) in [6, 6.07) is 0. The Bertz CT molecular complexity index is 122. The van der Waals surface area contributed by atoms with E-state index in [0.717, 1.165) is 12.0 Å². The van der Waals surface area contributed by atoms with E-state index in [1.807, 2.05) is 13.8 Å². The Hall–Kier alpha value is -0.790. The Morgan fingerprint density at radius 2 is 2.10 bits per heavy atom. The Balaban J connectivity index is 3.53. The summed E-state index contributed by atoms with van der Waals surface area (Å²) in [6.07, 6.45) is 0.717. The average molecular weight is 142 g/mol. The Labute approximate surface area is 61.9 Å². The molecule has 0 aliphatic rings. The van der Waals surface area contributed by atoms with E-state index >= 15 is 0 Å². The molecule has 0 unspecified atom stereocenters. The van der Waals surface area contributed by atoms with Gasteiger partial charge < -0.3 is 4.74 Å². The third kappa shape index (κ3) is 5.35.